The van der Waals surface area contributed by atoms with Crippen LogP contribution >= 0.6 is 0 Å². The van der Waals surface area contributed by atoms with Crippen molar-refractivity contribution in [2.45, 2.75) is 31.7 Å². The van der Waals surface area contributed by atoms with Crippen LogP contribution < -0.4 is 10.6 Å². The van der Waals surface area contributed by atoms with Crippen LogP contribution in [0.25, 0.3) is 0 Å². The zero-order valence-electron chi connectivity index (χ0n) is 12.2. The molecule has 8 heteroatoms. The Morgan fingerprint density at radius 1 is 1.00 bits per heavy atom. The Labute approximate surface area is 130 Å². The average Bonchev–Trinajstić information content (AvgIpc) is 2.53. The summed E-state index contributed by atoms with van der Waals surface area (Å²) in [6.45, 7) is 0.0938. The molecule has 3 N–H and O–H groups in total. The standard InChI is InChI=1S/C15H17F3N2O3/c16-10-5-12(18)13(6-11(10)17)20-15(23)14(22)19-9-3-1-8(7-21)2-4-9/h5-6,8-9,21H,1-4,7H2,(H,19,22)(H,20,23). The third kappa shape index (κ3) is 4.44. The van der Waals surface area contributed by atoms with E-state index < -0.39 is 35.0 Å². The van der Waals surface area contributed by atoms with Gasteiger partial charge in [0.2, 0.25) is 0 Å². The fourth-order valence-corrected chi connectivity index (χ4v) is 2.54. The SMILES string of the molecule is O=C(Nc1cc(F)c(F)cc1F)C(=O)NC1CCC(CO)CC1. The van der Waals surface area contributed by atoms with E-state index in [0.717, 1.165) is 12.8 Å². The van der Waals surface area contributed by atoms with Crippen molar-refractivity contribution in [3.8, 4) is 0 Å². The molecular weight excluding hydrogens is 313 g/mol. The molecule has 1 aromatic carbocycles. The number of amides is 2. The lowest BCUT2D eigenvalue weighted by Gasteiger charge is -2.27. The van der Waals surface area contributed by atoms with Crippen molar-refractivity contribution < 1.29 is 27.9 Å². The molecule has 0 spiro atoms. The van der Waals surface area contributed by atoms with Crippen molar-refractivity contribution in [2.24, 2.45) is 5.92 Å². The fraction of sp³-hybridized carbons (Fsp3) is 0.467. The Morgan fingerprint density at radius 2 is 1.61 bits per heavy atom. The Kier molecular flexibility index (Phi) is 5.59. The van der Waals surface area contributed by atoms with Crippen LogP contribution in [-0.2, 0) is 9.59 Å². The van der Waals surface area contributed by atoms with Gasteiger partial charge in [0.25, 0.3) is 0 Å². The van der Waals surface area contributed by atoms with Gasteiger partial charge in [-0.3, -0.25) is 9.59 Å². The minimum Gasteiger partial charge on any atom is -0.396 e. The van der Waals surface area contributed by atoms with Gasteiger partial charge < -0.3 is 15.7 Å². The summed E-state index contributed by atoms with van der Waals surface area (Å²) in [7, 11) is 0. The van der Waals surface area contributed by atoms with Gasteiger partial charge in [-0.25, -0.2) is 13.2 Å². The lowest BCUT2D eigenvalue weighted by molar-refractivity contribution is -0.136. The summed E-state index contributed by atoms with van der Waals surface area (Å²) in [6.07, 6.45) is 2.73. The molecular formula is C15H17F3N2O3. The predicted octanol–water partition coefficient (Wildman–Crippen LogP) is 1.71. The highest BCUT2D eigenvalue weighted by Gasteiger charge is 2.25. The molecule has 126 valence electrons. The van der Waals surface area contributed by atoms with Gasteiger partial charge >= 0.3 is 11.8 Å². The van der Waals surface area contributed by atoms with E-state index in [4.69, 9.17) is 5.11 Å². The Balaban J connectivity index is 1.91. The van der Waals surface area contributed by atoms with E-state index in [9.17, 15) is 22.8 Å². The van der Waals surface area contributed by atoms with Crippen LogP contribution in [0.3, 0.4) is 0 Å². The summed E-state index contributed by atoms with van der Waals surface area (Å²) in [4.78, 5) is 23.5. The molecule has 0 aliphatic heterocycles. The molecule has 0 heterocycles. The van der Waals surface area contributed by atoms with Crippen LogP contribution in [0.15, 0.2) is 12.1 Å². The van der Waals surface area contributed by atoms with Crippen LogP contribution in [0, 0.1) is 23.4 Å². The van der Waals surface area contributed by atoms with Crippen LogP contribution in [0.4, 0.5) is 18.9 Å². The summed E-state index contributed by atoms with van der Waals surface area (Å²) < 4.78 is 39.3. The fourth-order valence-electron chi connectivity index (χ4n) is 2.54. The number of nitrogens with one attached hydrogen (secondary N) is 2. The van der Waals surface area contributed by atoms with E-state index in [1.807, 2.05) is 5.32 Å². The normalized spacial score (nSPS) is 20.9. The molecule has 1 aliphatic carbocycles. The summed E-state index contributed by atoms with van der Waals surface area (Å²) in [6, 6.07) is 0.562. The molecule has 0 radical (unpaired) electrons. The number of anilines is 1. The van der Waals surface area contributed by atoms with Gasteiger partial charge in [-0.1, -0.05) is 0 Å². The third-order valence-electron chi connectivity index (χ3n) is 3.90. The van der Waals surface area contributed by atoms with Crippen molar-refractivity contribution in [3.63, 3.8) is 0 Å². The Hall–Kier alpha value is -2.09. The predicted molar refractivity (Wildman–Crippen MR) is 75.9 cm³/mol. The molecule has 1 aliphatic rings. The molecule has 2 amide bonds. The molecule has 0 unspecified atom stereocenters. The molecule has 1 saturated carbocycles. The van der Waals surface area contributed by atoms with Crippen LogP contribution in [0.5, 0.6) is 0 Å². The highest BCUT2D eigenvalue weighted by molar-refractivity contribution is 6.39. The van der Waals surface area contributed by atoms with Crippen LogP contribution in [0.1, 0.15) is 25.7 Å². The maximum absolute atomic E-state index is 13.4. The number of halogens is 3. The number of rotatable bonds is 3. The maximum Gasteiger partial charge on any atom is 0.313 e. The molecule has 1 aromatic rings. The quantitative estimate of drug-likeness (QED) is 0.583. The molecule has 0 saturated heterocycles. The van der Waals surface area contributed by atoms with Gasteiger partial charge in [0.15, 0.2) is 11.6 Å². The van der Waals surface area contributed by atoms with E-state index in [0.29, 0.717) is 25.0 Å². The van der Waals surface area contributed by atoms with E-state index >= 15 is 0 Å². The first-order chi connectivity index (χ1) is 10.9. The van der Waals surface area contributed by atoms with Gasteiger partial charge in [0.05, 0.1) is 5.69 Å². The zero-order valence-corrected chi connectivity index (χ0v) is 12.2. The van der Waals surface area contributed by atoms with Crippen LogP contribution in [-0.4, -0.2) is 29.6 Å². The van der Waals surface area contributed by atoms with E-state index in [1.54, 1.807) is 0 Å². The second-order valence-electron chi connectivity index (χ2n) is 5.57. The van der Waals surface area contributed by atoms with Gasteiger partial charge in [-0.05, 0) is 31.6 Å². The smallest absolute Gasteiger partial charge is 0.313 e. The second kappa shape index (κ2) is 7.45. The van der Waals surface area contributed by atoms with Gasteiger partial charge in [-0.2, -0.15) is 0 Å². The number of aliphatic hydroxyl groups is 1. The number of benzene rings is 1. The molecule has 0 atom stereocenters. The van der Waals surface area contributed by atoms with Crippen molar-refractivity contribution in [1.29, 1.82) is 0 Å². The summed E-state index contributed by atoms with van der Waals surface area (Å²) in [5, 5.41) is 13.5. The highest BCUT2D eigenvalue weighted by Crippen LogP contribution is 2.23. The average molecular weight is 330 g/mol. The van der Waals surface area contributed by atoms with Crippen LogP contribution in [0.2, 0.25) is 0 Å². The van der Waals surface area contributed by atoms with E-state index in [-0.39, 0.29) is 18.6 Å². The third-order valence-corrected chi connectivity index (χ3v) is 3.90. The van der Waals surface area contributed by atoms with Crippen molar-refractivity contribution in [1.82, 2.24) is 5.32 Å². The molecule has 0 aromatic heterocycles. The van der Waals surface area contributed by atoms with E-state index in [2.05, 4.69) is 5.32 Å². The molecule has 0 bridgehead atoms. The number of aliphatic hydroxyl groups excluding tert-OH is 1. The minimum absolute atomic E-state index is 0.0938. The second-order valence-corrected chi connectivity index (χ2v) is 5.57. The maximum atomic E-state index is 13.4. The monoisotopic (exact) mass is 330 g/mol. The number of hydrogen-bond donors (Lipinski definition) is 3. The molecule has 23 heavy (non-hydrogen) atoms. The summed E-state index contributed by atoms with van der Waals surface area (Å²) in [5.74, 6) is -5.81. The minimum atomic E-state index is -1.38. The number of carbonyl (C=O) groups is 2. The van der Waals surface area contributed by atoms with Gasteiger partial charge in [-0.15, -0.1) is 0 Å². The topological polar surface area (TPSA) is 78.4 Å². The Bertz CT molecular complexity index is 602. The first kappa shape index (κ1) is 17.3. The lowest BCUT2D eigenvalue weighted by atomic mass is 9.86. The Morgan fingerprint density at radius 3 is 2.22 bits per heavy atom. The first-order valence-corrected chi connectivity index (χ1v) is 7.28. The lowest BCUT2D eigenvalue weighted by Crippen LogP contribution is -2.43. The largest absolute Gasteiger partial charge is 0.396 e. The highest BCUT2D eigenvalue weighted by atomic mass is 19.2. The van der Waals surface area contributed by atoms with Gasteiger partial charge in [0.1, 0.15) is 5.82 Å². The van der Waals surface area contributed by atoms with Crippen molar-refractivity contribution >= 4 is 17.5 Å². The molecule has 2 rings (SSSR count). The zero-order chi connectivity index (χ0) is 17.0. The molecule has 5 nitrogen and oxygen atoms in total. The summed E-state index contributed by atoms with van der Waals surface area (Å²) in [5.41, 5.74) is -0.604. The molecule has 1 fully saturated rings. The number of carbonyl (C=O) groups excluding carboxylic acids is 2. The van der Waals surface area contributed by atoms with E-state index in [1.165, 1.54) is 0 Å². The van der Waals surface area contributed by atoms with Gasteiger partial charge in [0, 0.05) is 24.8 Å². The van der Waals surface area contributed by atoms with Crippen molar-refractivity contribution in [3.05, 3.63) is 29.6 Å². The first-order valence-electron chi connectivity index (χ1n) is 7.28. The van der Waals surface area contributed by atoms with Crippen molar-refractivity contribution in [2.75, 3.05) is 11.9 Å². The number of hydrogen-bond acceptors (Lipinski definition) is 3. The summed E-state index contributed by atoms with van der Waals surface area (Å²) >= 11 is 0.